The van der Waals surface area contributed by atoms with Crippen molar-refractivity contribution in [2.24, 2.45) is 11.3 Å². The number of nitrogens with zero attached hydrogens (tertiary/aromatic N) is 2. The molecule has 0 radical (unpaired) electrons. The minimum Gasteiger partial charge on any atom is -0.384 e. The SMILES string of the molecule is COC[C@@]12COC[C@@H]1CN(C(=O)CCc1cn[nH]c1)C2. The number of amides is 1. The minimum absolute atomic E-state index is 0.0139. The maximum Gasteiger partial charge on any atom is 0.222 e. The summed E-state index contributed by atoms with van der Waals surface area (Å²) < 4.78 is 10.9. The molecule has 1 amide bonds. The highest BCUT2D eigenvalue weighted by Crippen LogP contribution is 2.41. The molecule has 6 heteroatoms. The molecule has 2 atom stereocenters. The normalized spacial score (nSPS) is 28.9. The second kappa shape index (κ2) is 5.54. The Morgan fingerprint density at radius 2 is 2.60 bits per heavy atom. The topological polar surface area (TPSA) is 67.5 Å². The van der Waals surface area contributed by atoms with E-state index in [1.165, 1.54) is 0 Å². The molecular weight excluding hydrogens is 258 g/mol. The van der Waals surface area contributed by atoms with E-state index in [1.807, 2.05) is 11.1 Å². The van der Waals surface area contributed by atoms with E-state index >= 15 is 0 Å². The Morgan fingerprint density at radius 3 is 3.35 bits per heavy atom. The maximum atomic E-state index is 12.3. The Bertz CT molecular complexity index is 462. The number of hydrogen-bond acceptors (Lipinski definition) is 4. The van der Waals surface area contributed by atoms with Crippen LogP contribution in [0.3, 0.4) is 0 Å². The van der Waals surface area contributed by atoms with Gasteiger partial charge in [0.15, 0.2) is 0 Å². The zero-order valence-corrected chi connectivity index (χ0v) is 11.8. The van der Waals surface area contributed by atoms with Crippen molar-refractivity contribution >= 4 is 5.91 Å². The Kier molecular flexibility index (Phi) is 3.76. The van der Waals surface area contributed by atoms with Crippen LogP contribution in [0.2, 0.25) is 0 Å². The fourth-order valence-corrected chi connectivity index (χ4v) is 3.34. The van der Waals surface area contributed by atoms with Gasteiger partial charge >= 0.3 is 0 Å². The van der Waals surface area contributed by atoms with Crippen LogP contribution in [0.4, 0.5) is 0 Å². The Hall–Kier alpha value is -1.40. The molecule has 0 bridgehead atoms. The lowest BCUT2D eigenvalue weighted by atomic mass is 9.82. The average molecular weight is 279 g/mol. The van der Waals surface area contributed by atoms with Gasteiger partial charge in [0.2, 0.25) is 5.91 Å². The highest BCUT2D eigenvalue weighted by atomic mass is 16.5. The van der Waals surface area contributed by atoms with Gasteiger partial charge in [-0.2, -0.15) is 5.10 Å². The third kappa shape index (κ3) is 2.45. The van der Waals surface area contributed by atoms with Gasteiger partial charge in [-0.3, -0.25) is 9.89 Å². The number of carbonyl (C=O) groups excluding carboxylic acids is 1. The monoisotopic (exact) mass is 279 g/mol. The molecule has 0 unspecified atom stereocenters. The summed E-state index contributed by atoms with van der Waals surface area (Å²) >= 11 is 0. The number of H-pyrrole nitrogens is 1. The number of methoxy groups -OCH3 is 1. The lowest BCUT2D eigenvalue weighted by Crippen LogP contribution is -2.37. The second-order valence-electron chi connectivity index (χ2n) is 5.89. The summed E-state index contributed by atoms with van der Waals surface area (Å²) in [6.45, 7) is 3.68. The third-order valence-corrected chi connectivity index (χ3v) is 4.49. The Balaban J connectivity index is 1.57. The van der Waals surface area contributed by atoms with Gasteiger partial charge in [0.25, 0.3) is 0 Å². The van der Waals surface area contributed by atoms with Crippen LogP contribution in [0.5, 0.6) is 0 Å². The molecule has 0 spiro atoms. The molecule has 1 aromatic rings. The molecule has 0 aliphatic carbocycles. The number of aryl methyl sites for hydroxylation is 1. The highest BCUT2D eigenvalue weighted by Gasteiger charge is 2.51. The zero-order chi connectivity index (χ0) is 14.0. The summed E-state index contributed by atoms with van der Waals surface area (Å²) in [5, 5.41) is 6.67. The molecule has 6 nitrogen and oxygen atoms in total. The fourth-order valence-electron chi connectivity index (χ4n) is 3.34. The van der Waals surface area contributed by atoms with E-state index in [9.17, 15) is 4.79 Å². The van der Waals surface area contributed by atoms with Gasteiger partial charge in [0.1, 0.15) is 0 Å². The number of ether oxygens (including phenoxy) is 2. The van der Waals surface area contributed by atoms with E-state index < -0.39 is 0 Å². The van der Waals surface area contributed by atoms with Crippen molar-refractivity contribution in [2.45, 2.75) is 12.8 Å². The predicted octanol–water partition coefficient (Wildman–Crippen LogP) is 0.464. The number of carbonyl (C=O) groups is 1. The highest BCUT2D eigenvalue weighted by molar-refractivity contribution is 5.77. The predicted molar refractivity (Wildman–Crippen MR) is 72.1 cm³/mol. The number of nitrogens with one attached hydrogen (secondary N) is 1. The van der Waals surface area contributed by atoms with Gasteiger partial charge in [0, 0.05) is 44.1 Å². The van der Waals surface area contributed by atoms with Gasteiger partial charge in [0.05, 0.1) is 26.0 Å². The van der Waals surface area contributed by atoms with E-state index in [1.54, 1.807) is 13.3 Å². The summed E-state index contributed by atoms with van der Waals surface area (Å²) in [5.41, 5.74) is 1.09. The first-order valence-electron chi connectivity index (χ1n) is 7.06. The molecule has 20 heavy (non-hydrogen) atoms. The Labute approximate surface area is 118 Å². The molecule has 1 N–H and O–H groups in total. The van der Waals surface area contributed by atoms with Gasteiger partial charge in [-0.05, 0) is 12.0 Å². The first-order chi connectivity index (χ1) is 9.73. The fraction of sp³-hybridized carbons (Fsp3) is 0.714. The van der Waals surface area contributed by atoms with E-state index in [-0.39, 0.29) is 11.3 Å². The van der Waals surface area contributed by atoms with Crippen LogP contribution in [0.25, 0.3) is 0 Å². The first kappa shape index (κ1) is 13.6. The summed E-state index contributed by atoms with van der Waals surface area (Å²) in [5.74, 6) is 0.636. The van der Waals surface area contributed by atoms with Crippen molar-refractivity contribution in [3.8, 4) is 0 Å². The van der Waals surface area contributed by atoms with Crippen LogP contribution in [0.15, 0.2) is 12.4 Å². The molecule has 2 fully saturated rings. The zero-order valence-electron chi connectivity index (χ0n) is 11.8. The molecule has 3 heterocycles. The third-order valence-electron chi connectivity index (χ3n) is 4.49. The molecule has 0 saturated carbocycles. The smallest absolute Gasteiger partial charge is 0.222 e. The number of aromatic amines is 1. The lowest BCUT2D eigenvalue weighted by Gasteiger charge is -2.26. The van der Waals surface area contributed by atoms with Crippen molar-refractivity contribution in [1.29, 1.82) is 0 Å². The molecule has 2 aliphatic rings. The molecule has 2 aliphatic heterocycles. The standard InChI is InChI=1S/C14H21N3O3/c1-19-9-14-8-17(6-12(14)7-20-10-14)13(18)3-2-11-4-15-16-5-11/h4-5,12H,2-3,6-10H2,1H3,(H,15,16)/t12-,14-/m0/s1. The molecule has 2 saturated heterocycles. The maximum absolute atomic E-state index is 12.3. The average Bonchev–Trinajstić information content (AvgIpc) is 3.10. The van der Waals surface area contributed by atoms with Crippen LogP contribution in [-0.4, -0.2) is 61.0 Å². The number of fused-ring (bicyclic) bond motifs is 1. The van der Waals surface area contributed by atoms with E-state index in [2.05, 4.69) is 10.2 Å². The van der Waals surface area contributed by atoms with Gasteiger partial charge in [-0.25, -0.2) is 0 Å². The summed E-state index contributed by atoms with van der Waals surface area (Å²) in [4.78, 5) is 14.3. The number of aromatic nitrogens is 2. The number of hydrogen-bond donors (Lipinski definition) is 1. The number of likely N-dealkylation sites (tertiary alicyclic amines) is 1. The van der Waals surface area contributed by atoms with E-state index in [4.69, 9.17) is 9.47 Å². The van der Waals surface area contributed by atoms with E-state index in [0.29, 0.717) is 25.6 Å². The van der Waals surface area contributed by atoms with Crippen molar-refractivity contribution in [2.75, 3.05) is 40.0 Å². The largest absolute Gasteiger partial charge is 0.384 e. The first-order valence-corrected chi connectivity index (χ1v) is 7.06. The Morgan fingerprint density at radius 1 is 1.70 bits per heavy atom. The van der Waals surface area contributed by atoms with Crippen molar-refractivity contribution in [3.05, 3.63) is 18.0 Å². The van der Waals surface area contributed by atoms with Crippen molar-refractivity contribution in [1.82, 2.24) is 15.1 Å². The van der Waals surface area contributed by atoms with Crippen LogP contribution in [0, 0.1) is 11.3 Å². The second-order valence-corrected chi connectivity index (χ2v) is 5.89. The van der Waals surface area contributed by atoms with Gasteiger partial charge < -0.3 is 14.4 Å². The molecule has 1 aromatic heterocycles. The summed E-state index contributed by atoms with van der Waals surface area (Å²) in [6.07, 6.45) is 4.89. The molecule has 110 valence electrons. The summed E-state index contributed by atoms with van der Waals surface area (Å²) in [6, 6.07) is 0. The van der Waals surface area contributed by atoms with Crippen LogP contribution >= 0.6 is 0 Å². The van der Waals surface area contributed by atoms with Gasteiger partial charge in [-0.15, -0.1) is 0 Å². The quantitative estimate of drug-likeness (QED) is 0.850. The van der Waals surface area contributed by atoms with Crippen LogP contribution < -0.4 is 0 Å². The minimum atomic E-state index is 0.0139. The molecule has 3 rings (SSSR count). The van der Waals surface area contributed by atoms with Crippen molar-refractivity contribution in [3.63, 3.8) is 0 Å². The lowest BCUT2D eigenvalue weighted by molar-refractivity contribution is -0.131. The van der Waals surface area contributed by atoms with Crippen LogP contribution in [0.1, 0.15) is 12.0 Å². The molecular formula is C14H21N3O3. The number of rotatable bonds is 5. The summed E-state index contributed by atoms with van der Waals surface area (Å²) in [7, 11) is 1.72. The van der Waals surface area contributed by atoms with Crippen LogP contribution in [-0.2, 0) is 20.7 Å². The molecule has 0 aromatic carbocycles. The van der Waals surface area contributed by atoms with Gasteiger partial charge in [-0.1, -0.05) is 0 Å². The van der Waals surface area contributed by atoms with E-state index in [0.717, 1.165) is 31.7 Å². The van der Waals surface area contributed by atoms with Crippen molar-refractivity contribution < 1.29 is 14.3 Å².